The lowest BCUT2D eigenvalue weighted by atomic mass is 10.1. The summed E-state index contributed by atoms with van der Waals surface area (Å²) < 4.78 is 0. The van der Waals surface area contributed by atoms with Crippen LogP contribution >= 0.6 is 0 Å². The molecule has 0 unspecified atom stereocenters. The van der Waals surface area contributed by atoms with Gasteiger partial charge in [-0.25, -0.2) is 0 Å². The van der Waals surface area contributed by atoms with Crippen molar-refractivity contribution in [1.82, 2.24) is 4.90 Å². The van der Waals surface area contributed by atoms with Gasteiger partial charge in [-0.2, -0.15) is 0 Å². The van der Waals surface area contributed by atoms with Gasteiger partial charge in [0.1, 0.15) is 0 Å². The van der Waals surface area contributed by atoms with Crippen LogP contribution in [0.3, 0.4) is 0 Å². The normalized spacial score (nSPS) is 15.2. The molecule has 1 saturated heterocycles. The number of nitrogens with zero attached hydrogens (tertiary/aromatic N) is 3. The molecule has 0 saturated carbocycles. The van der Waals surface area contributed by atoms with E-state index in [1.807, 2.05) is 24.3 Å². The highest BCUT2D eigenvalue weighted by Crippen LogP contribution is 2.20. The van der Waals surface area contributed by atoms with E-state index >= 15 is 0 Å². The van der Waals surface area contributed by atoms with E-state index in [2.05, 4.69) is 9.80 Å². The van der Waals surface area contributed by atoms with Crippen molar-refractivity contribution in [2.45, 2.75) is 6.54 Å². The van der Waals surface area contributed by atoms with Crippen molar-refractivity contribution in [2.75, 3.05) is 31.1 Å². The van der Waals surface area contributed by atoms with Crippen LogP contribution in [0.4, 0.5) is 11.4 Å². The van der Waals surface area contributed by atoms with Gasteiger partial charge >= 0.3 is 0 Å². The zero-order valence-corrected chi connectivity index (χ0v) is 13.3. The van der Waals surface area contributed by atoms with Crippen molar-refractivity contribution in [3.05, 3.63) is 80.5 Å². The van der Waals surface area contributed by atoms with Crippen molar-refractivity contribution in [3.63, 3.8) is 0 Å². The second-order valence-corrected chi connectivity index (χ2v) is 5.81. The molecule has 1 aliphatic rings. The SMILES string of the molecule is O=c1cccccc1N1CCN(Cc2ccccc2[N+](=O)[O-])CC1. The summed E-state index contributed by atoms with van der Waals surface area (Å²) >= 11 is 0. The summed E-state index contributed by atoms with van der Waals surface area (Å²) in [5.74, 6) is 0. The smallest absolute Gasteiger partial charge is 0.273 e. The number of hydrogen-bond donors (Lipinski definition) is 0. The molecule has 0 bridgehead atoms. The van der Waals surface area contributed by atoms with E-state index in [4.69, 9.17) is 0 Å². The molecule has 0 aliphatic carbocycles. The van der Waals surface area contributed by atoms with Crippen LogP contribution in [-0.2, 0) is 6.54 Å². The maximum Gasteiger partial charge on any atom is 0.273 e. The van der Waals surface area contributed by atoms with Gasteiger partial charge in [0.05, 0.1) is 10.6 Å². The first-order valence-electron chi connectivity index (χ1n) is 7.94. The van der Waals surface area contributed by atoms with E-state index in [0.717, 1.165) is 31.7 Å². The Morgan fingerprint density at radius 1 is 0.917 bits per heavy atom. The monoisotopic (exact) mass is 325 g/mol. The molecule has 124 valence electrons. The second-order valence-electron chi connectivity index (χ2n) is 5.81. The molecule has 0 radical (unpaired) electrons. The van der Waals surface area contributed by atoms with Crippen LogP contribution in [-0.4, -0.2) is 36.0 Å². The Kier molecular flexibility index (Phi) is 4.86. The zero-order valence-electron chi connectivity index (χ0n) is 13.3. The Hall–Kier alpha value is -2.73. The fraction of sp³-hybridized carbons (Fsp3) is 0.278. The molecular formula is C18H19N3O3. The van der Waals surface area contributed by atoms with Gasteiger partial charge in [0.2, 0.25) is 5.43 Å². The highest BCUT2D eigenvalue weighted by molar-refractivity contribution is 5.46. The van der Waals surface area contributed by atoms with Crippen LogP contribution in [0.2, 0.25) is 0 Å². The number of hydrogen-bond acceptors (Lipinski definition) is 5. The highest BCUT2D eigenvalue weighted by atomic mass is 16.6. The van der Waals surface area contributed by atoms with Gasteiger partial charge in [0.25, 0.3) is 5.69 Å². The van der Waals surface area contributed by atoms with Gasteiger partial charge in [-0.15, -0.1) is 0 Å². The average molecular weight is 325 g/mol. The van der Waals surface area contributed by atoms with Gasteiger partial charge < -0.3 is 4.90 Å². The van der Waals surface area contributed by atoms with E-state index in [9.17, 15) is 14.9 Å². The predicted octanol–water partition coefficient (Wildman–Crippen LogP) is 2.28. The number of nitro benzene ring substituents is 1. The van der Waals surface area contributed by atoms with Crippen LogP contribution in [0.25, 0.3) is 0 Å². The topological polar surface area (TPSA) is 66.7 Å². The third-order valence-electron chi connectivity index (χ3n) is 4.27. The van der Waals surface area contributed by atoms with Crippen LogP contribution in [0.5, 0.6) is 0 Å². The Labute approximate surface area is 140 Å². The Balaban J connectivity index is 1.67. The summed E-state index contributed by atoms with van der Waals surface area (Å²) in [6, 6.07) is 15.7. The molecule has 0 aromatic heterocycles. The molecule has 24 heavy (non-hydrogen) atoms. The van der Waals surface area contributed by atoms with E-state index in [-0.39, 0.29) is 16.0 Å². The lowest BCUT2D eigenvalue weighted by molar-refractivity contribution is -0.385. The van der Waals surface area contributed by atoms with Gasteiger partial charge in [0.15, 0.2) is 0 Å². The fourth-order valence-electron chi connectivity index (χ4n) is 2.99. The fourth-order valence-corrected chi connectivity index (χ4v) is 2.99. The minimum Gasteiger partial charge on any atom is -0.366 e. The number of nitro groups is 1. The molecule has 6 nitrogen and oxygen atoms in total. The van der Waals surface area contributed by atoms with Gasteiger partial charge in [0, 0.05) is 44.4 Å². The number of piperazine rings is 1. The lowest BCUT2D eigenvalue weighted by Crippen LogP contribution is -2.47. The summed E-state index contributed by atoms with van der Waals surface area (Å²) in [6.07, 6.45) is 0. The quantitative estimate of drug-likeness (QED) is 0.637. The Bertz CT molecular complexity index is 786. The van der Waals surface area contributed by atoms with Gasteiger partial charge in [-0.3, -0.25) is 19.8 Å². The second kappa shape index (κ2) is 7.23. The lowest BCUT2D eigenvalue weighted by Gasteiger charge is -2.35. The molecule has 0 N–H and O–H groups in total. The summed E-state index contributed by atoms with van der Waals surface area (Å²) in [4.78, 5) is 27.1. The number of rotatable bonds is 4. The van der Waals surface area contributed by atoms with Gasteiger partial charge in [-0.1, -0.05) is 36.4 Å². The van der Waals surface area contributed by atoms with Crippen LogP contribution in [0.15, 0.2) is 59.4 Å². The first kappa shape index (κ1) is 16.1. The van der Waals surface area contributed by atoms with Crippen molar-refractivity contribution in [2.24, 2.45) is 0 Å². The third-order valence-corrected chi connectivity index (χ3v) is 4.27. The molecule has 2 aromatic rings. The summed E-state index contributed by atoms with van der Waals surface area (Å²) in [6.45, 7) is 3.56. The van der Waals surface area contributed by atoms with Gasteiger partial charge in [-0.05, 0) is 12.1 Å². The van der Waals surface area contributed by atoms with E-state index < -0.39 is 0 Å². The van der Waals surface area contributed by atoms with Crippen LogP contribution in [0.1, 0.15) is 5.56 Å². The Morgan fingerprint density at radius 2 is 1.58 bits per heavy atom. The standard InChI is InChI=1S/C18H19N3O3/c22-18-9-3-1-2-8-17(18)20-12-10-19(11-13-20)14-15-6-4-5-7-16(15)21(23)24/h1-9H,10-14H2. The largest absolute Gasteiger partial charge is 0.366 e. The first-order chi connectivity index (χ1) is 11.6. The first-order valence-corrected chi connectivity index (χ1v) is 7.94. The third kappa shape index (κ3) is 3.60. The number of benzene rings is 1. The van der Waals surface area contributed by atoms with Crippen LogP contribution < -0.4 is 10.3 Å². The molecule has 1 aliphatic heterocycles. The highest BCUT2D eigenvalue weighted by Gasteiger charge is 2.21. The molecule has 1 fully saturated rings. The number of anilines is 1. The van der Waals surface area contributed by atoms with Crippen molar-refractivity contribution in [3.8, 4) is 0 Å². The van der Waals surface area contributed by atoms with Crippen molar-refractivity contribution in [1.29, 1.82) is 0 Å². The summed E-state index contributed by atoms with van der Waals surface area (Å²) in [7, 11) is 0. The summed E-state index contributed by atoms with van der Waals surface area (Å²) in [5, 5.41) is 11.1. The Morgan fingerprint density at radius 3 is 2.33 bits per heavy atom. The van der Waals surface area contributed by atoms with E-state index in [1.165, 1.54) is 0 Å². The molecule has 6 heteroatoms. The zero-order chi connectivity index (χ0) is 16.9. The molecule has 0 spiro atoms. The maximum absolute atomic E-state index is 12.1. The molecule has 2 aromatic carbocycles. The molecule has 3 rings (SSSR count). The average Bonchev–Trinajstić information content (AvgIpc) is 2.80. The minimum absolute atomic E-state index is 0.0205. The van der Waals surface area contributed by atoms with Crippen LogP contribution in [0, 0.1) is 10.1 Å². The minimum atomic E-state index is -0.334. The molecular weight excluding hydrogens is 306 g/mol. The molecule has 1 heterocycles. The predicted molar refractivity (Wildman–Crippen MR) is 93.3 cm³/mol. The van der Waals surface area contributed by atoms with Crippen molar-refractivity contribution >= 4 is 11.4 Å². The number of para-hydroxylation sites is 1. The maximum atomic E-state index is 12.1. The molecule has 0 atom stereocenters. The van der Waals surface area contributed by atoms with E-state index in [0.29, 0.717) is 12.2 Å². The molecule has 0 amide bonds. The van der Waals surface area contributed by atoms with E-state index in [1.54, 1.807) is 30.3 Å². The van der Waals surface area contributed by atoms with Crippen molar-refractivity contribution < 1.29 is 4.92 Å². The summed E-state index contributed by atoms with van der Waals surface area (Å²) in [5.41, 5.74) is 1.63.